The number of methoxy groups -OCH3 is 2. The van der Waals surface area contributed by atoms with E-state index in [4.69, 9.17) is 20.2 Å². The fourth-order valence-electron chi connectivity index (χ4n) is 2.55. The molecule has 1 aliphatic heterocycles. The Morgan fingerprint density at radius 1 is 1.25 bits per heavy atom. The van der Waals surface area contributed by atoms with Crippen LogP contribution in [-0.4, -0.2) is 44.5 Å². The summed E-state index contributed by atoms with van der Waals surface area (Å²) in [5.74, 6) is 1.36. The van der Waals surface area contributed by atoms with E-state index in [1.807, 2.05) is 0 Å². The molecular weight excluding hydrogens is 254 g/mol. The van der Waals surface area contributed by atoms with E-state index >= 15 is 0 Å². The summed E-state index contributed by atoms with van der Waals surface area (Å²) in [7, 11) is 3.45. The number of hydrogen-bond donors (Lipinski definition) is 1. The first-order valence-electron chi connectivity index (χ1n) is 7.10. The number of aromatic nitrogens is 1. The molecule has 1 saturated heterocycles. The molecule has 20 heavy (non-hydrogen) atoms. The summed E-state index contributed by atoms with van der Waals surface area (Å²) < 4.78 is 11.0. The van der Waals surface area contributed by atoms with Crippen LogP contribution in [0.1, 0.15) is 31.0 Å². The van der Waals surface area contributed by atoms with Gasteiger partial charge < -0.3 is 20.1 Å². The molecule has 0 saturated carbocycles. The van der Waals surface area contributed by atoms with Crippen LogP contribution in [0, 0.1) is 0 Å². The summed E-state index contributed by atoms with van der Waals surface area (Å²) in [6.45, 7) is 6.42. The highest BCUT2D eigenvalue weighted by Crippen LogP contribution is 2.25. The molecule has 1 aromatic rings. The minimum atomic E-state index is 0.0887. The zero-order valence-electron chi connectivity index (χ0n) is 12.8. The number of nitrogens with two attached hydrogens (primary N) is 1. The van der Waals surface area contributed by atoms with E-state index in [1.165, 1.54) is 0 Å². The number of pyridine rings is 1. The van der Waals surface area contributed by atoms with Crippen LogP contribution in [0.3, 0.4) is 0 Å². The molecule has 1 aromatic heterocycles. The first kappa shape index (κ1) is 15.2. The normalized spacial score (nSPS) is 22.8. The second kappa shape index (κ2) is 6.52. The highest BCUT2D eigenvalue weighted by Gasteiger charge is 2.33. The van der Waals surface area contributed by atoms with Crippen molar-refractivity contribution in [3.8, 4) is 0 Å². The van der Waals surface area contributed by atoms with Crippen molar-refractivity contribution in [2.24, 2.45) is 5.73 Å². The predicted molar refractivity (Wildman–Crippen MR) is 80.0 cm³/mol. The molecule has 2 rings (SSSR count). The standard InChI is InChI=1S/C15H25N3O2/c1-10(2)12-5-11(7-16)6-15(17-12)18-8-13(19-3)14(9-18)20-4/h5-6,10,13-14H,7-9,16H2,1-4H3. The maximum Gasteiger partial charge on any atom is 0.129 e. The van der Waals surface area contributed by atoms with Gasteiger partial charge in [0.1, 0.15) is 18.0 Å². The number of hydrogen-bond acceptors (Lipinski definition) is 5. The Morgan fingerprint density at radius 2 is 1.85 bits per heavy atom. The molecule has 0 aliphatic carbocycles. The van der Waals surface area contributed by atoms with Gasteiger partial charge in [0.15, 0.2) is 0 Å². The lowest BCUT2D eigenvalue weighted by atomic mass is 10.1. The molecule has 112 valence electrons. The lowest BCUT2D eigenvalue weighted by Gasteiger charge is -2.19. The average Bonchev–Trinajstić information content (AvgIpc) is 2.89. The fourth-order valence-corrected chi connectivity index (χ4v) is 2.55. The highest BCUT2D eigenvalue weighted by molar-refractivity contribution is 5.45. The van der Waals surface area contributed by atoms with E-state index in [0.717, 1.165) is 30.2 Å². The van der Waals surface area contributed by atoms with Crippen molar-refractivity contribution in [3.63, 3.8) is 0 Å². The largest absolute Gasteiger partial charge is 0.377 e. The second-order valence-corrected chi connectivity index (χ2v) is 5.57. The molecule has 2 unspecified atom stereocenters. The third kappa shape index (κ3) is 3.11. The van der Waals surface area contributed by atoms with Crippen molar-refractivity contribution in [2.45, 2.75) is 38.5 Å². The fraction of sp³-hybridized carbons (Fsp3) is 0.667. The molecule has 0 bridgehead atoms. The SMILES string of the molecule is COC1CN(c2cc(CN)cc(C(C)C)n2)CC1OC. The van der Waals surface area contributed by atoms with Crippen molar-refractivity contribution in [2.75, 3.05) is 32.2 Å². The van der Waals surface area contributed by atoms with Gasteiger partial charge >= 0.3 is 0 Å². The number of nitrogens with zero attached hydrogens (tertiary/aromatic N) is 2. The summed E-state index contributed by atoms with van der Waals surface area (Å²) in [5, 5.41) is 0. The Bertz CT molecular complexity index is 439. The zero-order valence-corrected chi connectivity index (χ0v) is 12.8. The molecular formula is C15H25N3O2. The monoisotopic (exact) mass is 279 g/mol. The van der Waals surface area contributed by atoms with E-state index in [2.05, 4.69) is 30.9 Å². The smallest absolute Gasteiger partial charge is 0.129 e. The van der Waals surface area contributed by atoms with Crippen molar-refractivity contribution in [1.82, 2.24) is 4.98 Å². The Morgan fingerprint density at radius 3 is 2.30 bits per heavy atom. The van der Waals surface area contributed by atoms with Crippen LogP contribution in [0.15, 0.2) is 12.1 Å². The van der Waals surface area contributed by atoms with Gasteiger partial charge in [-0.1, -0.05) is 13.8 Å². The first-order chi connectivity index (χ1) is 9.58. The van der Waals surface area contributed by atoms with Crippen LogP contribution in [-0.2, 0) is 16.0 Å². The van der Waals surface area contributed by atoms with Gasteiger partial charge in [0, 0.05) is 39.5 Å². The molecule has 5 heteroatoms. The molecule has 0 radical (unpaired) electrons. The molecule has 1 fully saturated rings. The predicted octanol–water partition coefficient (Wildman–Crippen LogP) is 1.51. The van der Waals surface area contributed by atoms with Crippen LogP contribution in [0.5, 0.6) is 0 Å². The van der Waals surface area contributed by atoms with Crippen molar-refractivity contribution in [3.05, 3.63) is 23.4 Å². The van der Waals surface area contributed by atoms with Crippen molar-refractivity contribution < 1.29 is 9.47 Å². The van der Waals surface area contributed by atoms with Gasteiger partial charge in [-0.25, -0.2) is 4.98 Å². The molecule has 5 nitrogen and oxygen atoms in total. The van der Waals surface area contributed by atoms with Crippen LogP contribution >= 0.6 is 0 Å². The molecule has 2 atom stereocenters. The summed E-state index contributed by atoms with van der Waals surface area (Å²) >= 11 is 0. The molecule has 2 N–H and O–H groups in total. The Kier molecular flexibility index (Phi) is 4.96. The van der Waals surface area contributed by atoms with Gasteiger partial charge in [0.05, 0.1) is 0 Å². The molecule has 0 aromatic carbocycles. The van der Waals surface area contributed by atoms with Crippen LogP contribution in [0.2, 0.25) is 0 Å². The van der Waals surface area contributed by atoms with E-state index in [-0.39, 0.29) is 12.2 Å². The lowest BCUT2D eigenvalue weighted by molar-refractivity contribution is -0.00461. The summed E-state index contributed by atoms with van der Waals surface area (Å²) in [5.41, 5.74) is 8.00. The number of ether oxygens (including phenoxy) is 2. The maximum atomic E-state index is 5.80. The third-order valence-electron chi connectivity index (χ3n) is 3.86. The van der Waals surface area contributed by atoms with Crippen LogP contribution in [0.25, 0.3) is 0 Å². The van der Waals surface area contributed by atoms with E-state index < -0.39 is 0 Å². The third-order valence-corrected chi connectivity index (χ3v) is 3.86. The van der Waals surface area contributed by atoms with Gasteiger partial charge in [-0.05, 0) is 23.6 Å². The van der Waals surface area contributed by atoms with Gasteiger partial charge in [-0.3, -0.25) is 0 Å². The van der Waals surface area contributed by atoms with Gasteiger partial charge in [0.2, 0.25) is 0 Å². The van der Waals surface area contributed by atoms with Gasteiger partial charge in [-0.2, -0.15) is 0 Å². The zero-order chi connectivity index (χ0) is 14.7. The Balaban J connectivity index is 2.26. The van der Waals surface area contributed by atoms with E-state index in [0.29, 0.717) is 12.5 Å². The minimum Gasteiger partial charge on any atom is -0.377 e. The Labute approximate surface area is 121 Å². The topological polar surface area (TPSA) is 60.6 Å². The van der Waals surface area contributed by atoms with E-state index in [9.17, 15) is 0 Å². The van der Waals surface area contributed by atoms with Gasteiger partial charge in [-0.15, -0.1) is 0 Å². The highest BCUT2D eigenvalue weighted by atomic mass is 16.5. The molecule has 0 amide bonds. The molecule has 0 spiro atoms. The number of rotatable bonds is 5. The first-order valence-corrected chi connectivity index (χ1v) is 7.10. The Hall–Kier alpha value is -1.17. The molecule has 1 aliphatic rings. The lowest BCUT2D eigenvalue weighted by Crippen LogP contribution is -2.27. The summed E-state index contributed by atoms with van der Waals surface area (Å²) in [6, 6.07) is 4.16. The van der Waals surface area contributed by atoms with Crippen LogP contribution in [0.4, 0.5) is 5.82 Å². The number of anilines is 1. The quantitative estimate of drug-likeness (QED) is 0.885. The van der Waals surface area contributed by atoms with E-state index in [1.54, 1.807) is 14.2 Å². The average molecular weight is 279 g/mol. The van der Waals surface area contributed by atoms with Gasteiger partial charge in [0.25, 0.3) is 0 Å². The van der Waals surface area contributed by atoms with Crippen molar-refractivity contribution >= 4 is 5.82 Å². The molecule has 2 heterocycles. The van der Waals surface area contributed by atoms with Crippen molar-refractivity contribution in [1.29, 1.82) is 0 Å². The summed E-state index contributed by atoms with van der Waals surface area (Å²) in [6.07, 6.45) is 0.177. The maximum absolute atomic E-state index is 5.80. The minimum absolute atomic E-state index is 0.0887. The van der Waals surface area contributed by atoms with Crippen LogP contribution < -0.4 is 10.6 Å². The second-order valence-electron chi connectivity index (χ2n) is 5.57. The summed E-state index contributed by atoms with van der Waals surface area (Å²) in [4.78, 5) is 6.98.